The summed E-state index contributed by atoms with van der Waals surface area (Å²) in [7, 11) is 3.16. The van der Waals surface area contributed by atoms with E-state index in [2.05, 4.69) is 28.2 Å². The number of halogens is 1. The number of methoxy groups -OCH3 is 2. The Labute approximate surface area is 186 Å². The average molecular weight is 438 g/mol. The van der Waals surface area contributed by atoms with Crippen LogP contribution in [0.4, 0.5) is 5.69 Å². The van der Waals surface area contributed by atoms with Gasteiger partial charge in [-0.25, -0.2) is 0 Å². The smallest absolute Gasteiger partial charge is 0.253 e. The fourth-order valence-electron chi connectivity index (χ4n) is 4.74. The van der Waals surface area contributed by atoms with Crippen molar-refractivity contribution in [2.24, 2.45) is 0 Å². The zero-order valence-corrected chi connectivity index (χ0v) is 18.3. The predicted octanol–water partition coefficient (Wildman–Crippen LogP) is 4.70. The monoisotopic (exact) mass is 437 g/mol. The second-order valence-electron chi connectivity index (χ2n) is 7.99. The van der Waals surface area contributed by atoms with E-state index in [0.717, 1.165) is 24.2 Å². The van der Waals surface area contributed by atoms with E-state index in [-0.39, 0.29) is 11.4 Å². The number of carbonyl (C=O) groups is 1. The highest BCUT2D eigenvalue weighted by Gasteiger charge is 2.42. The van der Waals surface area contributed by atoms with Crippen LogP contribution < -0.4 is 14.8 Å². The van der Waals surface area contributed by atoms with Crippen LogP contribution in [0.1, 0.15) is 28.9 Å². The summed E-state index contributed by atoms with van der Waals surface area (Å²) < 4.78 is 12.9. The van der Waals surface area contributed by atoms with Crippen LogP contribution in [0.5, 0.6) is 11.5 Å². The third-order valence-corrected chi connectivity index (χ3v) is 6.60. The molecule has 1 amide bonds. The van der Waals surface area contributed by atoms with E-state index in [1.54, 1.807) is 32.4 Å². The van der Waals surface area contributed by atoms with Crippen molar-refractivity contribution in [1.29, 1.82) is 0 Å². The van der Waals surface area contributed by atoms with Crippen LogP contribution in [0.25, 0.3) is 5.69 Å². The van der Waals surface area contributed by atoms with Crippen molar-refractivity contribution in [3.05, 3.63) is 71.0 Å². The van der Waals surface area contributed by atoms with Crippen LogP contribution in [0, 0.1) is 0 Å². The van der Waals surface area contributed by atoms with E-state index in [0.29, 0.717) is 35.2 Å². The van der Waals surface area contributed by atoms with Crippen molar-refractivity contribution in [1.82, 2.24) is 9.47 Å². The SMILES string of the molecule is COc1ccc(C(=O)N2CCC3(CC2)Nc2ccc(Cl)cc2-n2cccc23)cc1OC. The number of hydrogen-bond donors (Lipinski definition) is 1. The lowest BCUT2D eigenvalue weighted by Gasteiger charge is -2.46. The van der Waals surface area contributed by atoms with Gasteiger partial charge < -0.3 is 24.3 Å². The highest BCUT2D eigenvalue weighted by atomic mass is 35.5. The van der Waals surface area contributed by atoms with Crippen molar-refractivity contribution in [3.8, 4) is 17.2 Å². The Kier molecular flexibility index (Phi) is 4.82. The van der Waals surface area contributed by atoms with Gasteiger partial charge in [0.05, 0.1) is 31.1 Å². The number of fused-ring (bicyclic) bond motifs is 4. The number of hydrogen-bond acceptors (Lipinski definition) is 4. The Bertz CT molecular complexity index is 1150. The molecule has 7 heteroatoms. The second kappa shape index (κ2) is 7.54. The molecule has 0 atom stereocenters. The largest absolute Gasteiger partial charge is 0.493 e. The fraction of sp³-hybridized carbons (Fsp3) is 0.292. The maximum atomic E-state index is 13.2. The van der Waals surface area contributed by atoms with Gasteiger partial charge in [0.15, 0.2) is 11.5 Å². The van der Waals surface area contributed by atoms with Crippen LogP contribution in [-0.4, -0.2) is 42.7 Å². The van der Waals surface area contributed by atoms with Crippen molar-refractivity contribution >= 4 is 23.2 Å². The number of carbonyl (C=O) groups excluding carboxylic acids is 1. The summed E-state index contributed by atoms with van der Waals surface area (Å²) in [6, 6.07) is 15.5. The molecule has 0 bridgehead atoms. The number of nitrogens with zero attached hydrogens (tertiary/aromatic N) is 2. The lowest BCUT2D eigenvalue weighted by atomic mass is 9.82. The van der Waals surface area contributed by atoms with Gasteiger partial charge in [0, 0.05) is 35.6 Å². The number of benzene rings is 2. The average Bonchev–Trinajstić information content (AvgIpc) is 3.31. The number of nitrogens with one attached hydrogen (secondary N) is 1. The Morgan fingerprint density at radius 3 is 2.55 bits per heavy atom. The van der Waals surface area contributed by atoms with Gasteiger partial charge in [0.2, 0.25) is 0 Å². The standard InChI is InChI=1S/C24H24ClN3O3/c1-30-20-8-5-16(14-21(20)31-2)23(29)27-12-9-24(10-13-27)22-4-3-11-28(22)19-15-17(25)6-7-18(19)26-24/h3-8,11,14-15,26H,9-10,12-13H2,1-2H3. The molecule has 2 aliphatic rings. The molecule has 1 N–H and O–H groups in total. The first-order valence-electron chi connectivity index (χ1n) is 10.3. The number of piperidine rings is 1. The first-order chi connectivity index (χ1) is 15.0. The summed E-state index contributed by atoms with van der Waals surface area (Å²) >= 11 is 6.24. The van der Waals surface area contributed by atoms with Gasteiger partial charge in [-0.1, -0.05) is 11.6 Å². The Morgan fingerprint density at radius 1 is 1.03 bits per heavy atom. The Balaban J connectivity index is 1.38. The van der Waals surface area contributed by atoms with Crippen LogP contribution in [0.15, 0.2) is 54.7 Å². The van der Waals surface area contributed by atoms with Crippen molar-refractivity contribution < 1.29 is 14.3 Å². The highest BCUT2D eigenvalue weighted by Crippen LogP contribution is 2.44. The molecule has 0 aliphatic carbocycles. The summed E-state index contributed by atoms with van der Waals surface area (Å²) in [6.07, 6.45) is 3.71. The van der Waals surface area contributed by atoms with Gasteiger partial charge in [0.1, 0.15) is 0 Å². The predicted molar refractivity (Wildman–Crippen MR) is 121 cm³/mol. The van der Waals surface area contributed by atoms with E-state index in [9.17, 15) is 4.79 Å². The van der Waals surface area contributed by atoms with Crippen LogP contribution in [0.3, 0.4) is 0 Å². The molecular weight excluding hydrogens is 414 g/mol. The molecule has 0 radical (unpaired) electrons. The minimum atomic E-state index is -0.210. The first kappa shape index (κ1) is 19.8. The maximum Gasteiger partial charge on any atom is 0.253 e. The number of amides is 1. The maximum absolute atomic E-state index is 13.2. The molecule has 2 aliphatic heterocycles. The molecule has 1 spiro atoms. The molecule has 160 valence electrons. The van der Waals surface area contributed by atoms with E-state index < -0.39 is 0 Å². The van der Waals surface area contributed by atoms with E-state index >= 15 is 0 Å². The van der Waals surface area contributed by atoms with Crippen LogP contribution in [0.2, 0.25) is 5.02 Å². The number of anilines is 1. The molecule has 0 saturated carbocycles. The minimum Gasteiger partial charge on any atom is -0.493 e. The van der Waals surface area contributed by atoms with Gasteiger partial charge in [-0.3, -0.25) is 4.79 Å². The molecule has 1 fully saturated rings. The lowest BCUT2D eigenvalue weighted by Crippen LogP contribution is -2.51. The fourth-order valence-corrected chi connectivity index (χ4v) is 4.90. The molecule has 3 aromatic rings. The zero-order chi connectivity index (χ0) is 21.6. The van der Waals surface area contributed by atoms with Crippen LogP contribution >= 0.6 is 11.6 Å². The molecule has 1 saturated heterocycles. The first-order valence-corrected chi connectivity index (χ1v) is 10.7. The van der Waals surface area contributed by atoms with E-state index in [1.165, 1.54) is 5.69 Å². The molecule has 1 aromatic heterocycles. The van der Waals surface area contributed by atoms with Gasteiger partial charge in [0.25, 0.3) is 5.91 Å². The topological polar surface area (TPSA) is 55.7 Å². The normalized spacial score (nSPS) is 16.3. The van der Waals surface area contributed by atoms with Gasteiger partial charge in [-0.05, 0) is 61.4 Å². The number of ether oxygens (including phenoxy) is 2. The van der Waals surface area contributed by atoms with E-state index in [4.69, 9.17) is 21.1 Å². The van der Waals surface area contributed by atoms with Crippen molar-refractivity contribution in [2.45, 2.75) is 18.4 Å². The van der Waals surface area contributed by atoms with Crippen molar-refractivity contribution in [2.75, 3.05) is 32.6 Å². The molecular formula is C24H24ClN3O3. The summed E-state index contributed by atoms with van der Waals surface area (Å²) in [5.74, 6) is 1.18. The number of aromatic nitrogens is 1. The Hall–Kier alpha value is -3.12. The minimum absolute atomic E-state index is 0.00850. The van der Waals surface area contributed by atoms with E-state index in [1.807, 2.05) is 23.1 Å². The molecule has 2 aromatic carbocycles. The van der Waals surface area contributed by atoms with Crippen LogP contribution in [-0.2, 0) is 5.54 Å². The quantitative estimate of drug-likeness (QED) is 0.645. The van der Waals surface area contributed by atoms with Crippen molar-refractivity contribution in [3.63, 3.8) is 0 Å². The zero-order valence-electron chi connectivity index (χ0n) is 17.5. The molecule has 3 heterocycles. The molecule has 6 nitrogen and oxygen atoms in total. The van der Waals surface area contributed by atoms with Gasteiger partial charge in [-0.2, -0.15) is 0 Å². The third kappa shape index (κ3) is 3.22. The second-order valence-corrected chi connectivity index (χ2v) is 8.43. The lowest BCUT2D eigenvalue weighted by molar-refractivity contribution is 0.0676. The van der Waals surface area contributed by atoms with Gasteiger partial charge in [-0.15, -0.1) is 0 Å². The molecule has 5 rings (SSSR count). The number of rotatable bonds is 3. The summed E-state index contributed by atoms with van der Waals surface area (Å²) in [5, 5.41) is 4.47. The highest BCUT2D eigenvalue weighted by molar-refractivity contribution is 6.30. The summed E-state index contributed by atoms with van der Waals surface area (Å²) in [5.41, 5.74) is 3.72. The third-order valence-electron chi connectivity index (χ3n) is 6.37. The number of likely N-dealkylation sites (tertiary alicyclic amines) is 1. The molecule has 31 heavy (non-hydrogen) atoms. The summed E-state index contributed by atoms with van der Waals surface area (Å²) in [6.45, 7) is 1.32. The van der Waals surface area contributed by atoms with Gasteiger partial charge >= 0.3 is 0 Å². The molecule has 0 unspecified atom stereocenters. The Morgan fingerprint density at radius 2 is 1.81 bits per heavy atom. The summed E-state index contributed by atoms with van der Waals surface area (Å²) in [4.78, 5) is 15.1.